The molecular formula is C12H19N5O2. The Morgan fingerprint density at radius 3 is 2.68 bits per heavy atom. The summed E-state index contributed by atoms with van der Waals surface area (Å²) in [5.41, 5.74) is 7.14. The summed E-state index contributed by atoms with van der Waals surface area (Å²) in [7, 11) is 0. The molecule has 0 aliphatic carbocycles. The molecule has 2 heterocycles. The first-order valence-electron chi connectivity index (χ1n) is 6.32. The van der Waals surface area contributed by atoms with Crippen LogP contribution < -0.4 is 11.1 Å². The molecule has 1 atom stereocenters. The maximum absolute atomic E-state index is 12.6. The molecule has 1 aliphatic rings. The number of aromatic amines is 1. The molecule has 0 saturated carbocycles. The first kappa shape index (κ1) is 13.5. The van der Waals surface area contributed by atoms with Crippen molar-refractivity contribution in [3.05, 3.63) is 17.0 Å². The predicted octanol–water partition coefficient (Wildman–Crippen LogP) is -0.684. The van der Waals surface area contributed by atoms with Crippen LogP contribution in [0.3, 0.4) is 0 Å². The van der Waals surface area contributed by atoms with E-state index >= 15 is 0 Å². The molecule has 7 heteroatoms. The third-order valence-corrected chi connectivity index (χ3v) is 3.40. The van der Waals surface area contributed by atoms with Gasteiger partial charge in [-0.25, -0.2) is 0 Å². The number of amides is 2. The third kappa shape index (κ3) is 2.76. The number of nitrogens with one attached hydrogen (secondary N) is 2. The van der Waals surface area contributed by atoms with E-state index in [0.717, 1.165) is 13.0 Å². The minimum absolute atomic E-state index is 0.00806. The van der Waals surface area contributed by atoms with Gasteiger partial charge in [0.25, 0.3) is 5.91 Å². The van der Waals surface area contributed by atoms with Crippen molar-refractivity contribution in [2.75, 3.05) is 19.6 Å². The van der Waals surface area contributed by atoms with Gasteiger partial charge in [-0.05, 0) is 26.8 Å². The summed E-state index contributed by atoms with van der Waals surface area (Å²) < 4.78 is 0. The second kappa shape index (κ2) is 5.40. The summed E-state index contributed by atoms with van der Waals surface area (Å²) >= 11 is 0. The van der Waals surface area contributed by atoms with Gasteiger partial charge in [-0.15, -0.1) is 0 Å². The molecule has 2 rings (SSSR count). The van der Waals surface area contributed by atoms with E-state index in [0.29, 0.717) is 23.5 Å². The van der Waals surface area contributed by atoms with Crippen molar-refractivity contribution in [3.8, 4) is 0 Å². The molecule has 0 radical (unpaired) electrons. The number of nitrogens with two attached hydrogens (primary N) is 1. The quantitative estimate of drug-likeness (QED) is 0.670. The lowest BCUT2D eigenvalue weighted by Gasteiger charge is -2.27. The van der Waals surface area contributed by atoms with Crippen molar-refractivity contribution in [2.45, 2.75) is 26.3 Å². The summed E-state index contributed by atoms with van der Waals surface area (Å²) in [4.78, 5) is 25.3. The maximum atomic E-state index is 12.6. The van der Waals surface area contributed by atoms with E-state index in [4.69, 9.17) is 5.73 Å². The van der Waals surface area contributed by atoms with Crippen LogP contribution in [0.25, 0.3) is 0 Å². The topological polar surface area (TPSA) is 104 Å². The Hall–Kier alpha value is -1.89. The normalized spacial score (nSPS) is 18.5. The zero-order valence-electron chi connectivity index (χ0n) is 11.2. The fraction of sp³-hybridized carbons (Fsp3) is 0.583. The third-order valence-electron chi connectivity index (χ3n) is 3.40. The number of nitrogens with zero attached hydrogens (tertiary/aromatic N) is 2. The number of rotatable bonds is 4. The Balaban J connectivity index is 2.27. The van der Waals surface area contributed by atoms with Crippen LogP contribution in [0, 0.1) is 13.8 Å². The van der Waals surface area contributed by atoms with Crippen molar-refractivity contribution in [2.24, 2.45) is 5.73 Å². The van der Waals surface area contributed by atoms with Gasteiger partial charge >= 0.3 is 0 Å². The monoisotopic (exact) mass is 265 g/mol. The Kier molecular flexibility index (Phi) is 3.84. The van der Waals surface area contributed by atoms with Crippen molar-refractivity contribution in [1.82, 2.24) is 20.4 Å². The lowest BCUT2D eigenvalue weighted by atomic mass is 10.1. The summed E-state index contributed by atoms with van der Waals surface area (Å²) in [5, 5.41) is 9.99. The van der Waals surface area contributed by atoms with E-state index in [-0.39, 0.29) is 18.5 Å². The van der Waals surface area contributed by atoms with Gasteiger partial charge in [0.15, 0.2) is 0 Å². The summed E-state index contributed by atoms with van der Waals surface area (Å²) in [6.07, 6.45) is 0.828. The molecule has 0 bridgehead atoms. The van der Waals surface area contributed by atoms with E-state index in [9.17, 15) is 9.59 Å². The zero-order chi connectivity index (χ0) is 14.0. The smallest absolute Gasteiger partial charge is 0.258 e. The minimum atomic E-state index is -0.501. The molecule has 1 fully saturated rings. The molecule has 104 valence electrons. The molecule has 1 aromatic rings. The molecule has 0 spiro atoms. The van der Waals surface area contributed by atoms with Crippen molar-refractivity contribution in [1.29, 1.82) is 0 Å². The molecule has 1 aliphatic heterocycles. The number of aryl methyl sites for hydroxylation is 2. The van der Waals surface area contributed by atoms with Crippen LogP contribution in [0.5, 0.6) is 0 Å². The van der Waals surface area contributed by atoms with Gasteiger partial charge in [-0.2, -0.15) is 5.10 Å². The lowest BCUT2D eigenvalue weighted by Crippen LogP contribution is -2.46. The fourth-order valence-electron chi connectivity index (χ4n) is 2.45. The highest BCUT2D eigenvalue weighted by Gasteiger charge is 2.30. The molecule has 7 nitrogen and oxygen atoms in total. The highest BCUT2D eigenvalue weighted by atomic mass is 16.2. The second-order valence-corrected chi connectivity index (χ2v) is 4.86. The molecule has 19 heavy (non-hydrogen) atoms. The van der Waals surface area contributed by atoms with Gasteiger partial charge in [0.05, 0.1) is 17.8 Å². The summed E-state index contributed by atoms with van der Waals surface area (Å²) in [5.74, 6) is -0.685. The van der Waals surface area contributed by atoms with Crippen molar-refractivity contribution in [3.63, 3.8) is 0 Å². The molecule has 1 aromatic heterocycles. The van der Waals surface area contributed by atoms with Gasteiger partial charge in [-0.3, -0.25) is 14.7 Å². The summed E-state index contributed by atoms with van der Waals surface area (Å²) in [6.45, 7) is 5.04. The van der Waals surface area contributed by atoms with Crippen LogP contribution in [-0.2, 0) is 4.79 Å². The maximum Gasteiger partial charge on any atom is 0.258 e. The standard InChI is InChI=1S/C12H19N5O2/c1-7-11(8(2)16-15-7)12(19)17(6-10(13)18)9-3-4-14-5-9/h9,14H,3-6H2,1-2H3,(H2,13,18)(H,15,16). The van der Waals surface area contributed by atoms with Gasteiger partial charge in [0.1, 0.15) is 0 Å². The number of H-pyrrole nitrogens is 1. The van der Waals surface area contributed by atoms with Gasteiger partial charge in [0, 0.05) is 18.3 Å². The average Bonchev–Trinajstić information content (AvgIpc) is 2.96. The number of carbonyl (C=O) groups excluding carboxylic acids is 2. The largest absolute Gasteiger partial charge is 0.368 e. The first-order valence-corrected chi connectivity index (χ1v) is 6.32. The van der Waals surface area contributed by atoms with E-state index in [1.807, 2.05) is 0 Å². The highest BCUT2D eigenvalue weighted by molar-refractivity contribution is 5.98. The minimum Gasteiger partial charge on any atom is -0.368 e. The molecule has 4 N–H and O–H groups in total. The number of primary amides is 1. The van der Waals surface area contributed by atoms with Crippen molar-refractivity contribution < 1.29 is 9.59 Å². The molecule has 2 amide bonds. The Labute approximate surface area is 111 Å². The fourth-order valence-corrected chi connectivity index (χ4v) is 2.45. The van der Waals surface area contributed by atoms with Crippen LogP contribution in [0.15, 0.2) is 0 Å². The predicted molar refractivity (Wildman–Crippen MR) is 69.6 cm³/mol. The van der Waals surface area contributed by atoms with Gasteiger partial charge < -0.3 is 16.0 Å². The Morgan fingerprint density at radius 2 is 2.21 bits per heavy atom. The molecule has 1 unspecified atom stereocenters. The molecule has 1 saturated heterocycles. The van der Waals surface area contributed by atoms with Crippen LogP contribution in [-0.4, -0.2) is 52.6 Å². The molecule has 0 aromatic carbocycles. The SMILES string of the molecule is Cc1n[nH]c(C)c1C(=O)N(CC(N)=O)C1CCNC1. The van der Waals surface area contributed by atoms with Crippen LogP contribution in [0.1, 0.15) is 28.2 Å². The van der Waals surface area contributed by atoms with E-state index in [2.05, 4.69) is 15.5 Å². The Morgan fingerprint density at radius 1 is 1.47 bits per heavy atom. The van der Waals surface area contributed by atoms with Crippen LogP contribution in [0.4, 0.5) is 0 Å². The number of aromatic nitrogens is 2. The average molecular weight is 265 g/mol. The van der Waals surface area contributed by atoms with Crippen molar-refractivity contribution >= 4 is 11.8 Å². The Bertz CT molecular complexity index is 471. The summed E-state index contributed by atoms with van der Waals surface area (Å²) in [6, 6.07) is 0.00806. The highest BCUT2D eigenvalue weighted by Crippen LogP contribution is 2.17. The molecular weight excluding hydrogens is 246 g/mol. The number of hydrogen-bond acceptors (Lipinski definition) is 4. The zero-order valence-corrected chi connectivity index (χ0v) is 11.2. The van der Waals surface area contributed by atoms with Crippen LogP contribution >= 0.6 is 0 Å². The van der Waals surface area contributed by atoms with E-state index < -0.39 is 5.91 Å². The van der Waals surface area contributed by atoms with Crippen LogP contribution in [0.2, 0.25) is 0 Å². The lowest BCUT2D eigenvalue weighted by molar-refractivity contribution is -0.119. The van der Waals surface area contributed by atoms with E-state index in [1.54, 1.807) is 18.7 Å². The second-order valence-electron chi connectivity index (χ2n) is 4.86. The first-order chi connectivity index (χ1) is 9.00. The number of hydrogen-bond donors (Lipinski definition) is 3. The van der Waals surface area contributed by atoms with Gasteiger partial charge in [0.2, 0.25) is 5.91 Å². The van der Waals surface area contributed by atoms with E-state index in [1.165, 1.54) is 0 Å². The van der Waals surface area contributed by atoms with Gasteiger partial charge in [-0.1, -0.05) is 0 Å². The number of carbonyl (C=O) groups is 2.